The lowest BCUT2D eigenvalue weighted by Crippen LogP contribution is -2.13. The molecule has 2 aromatic carbocycles. The average Bonchev–Trinajstić information content (AvgIpc) is 3.18. The van der Waals surface area contributed by atoms with Crippen LogP contribution >= 0.6 is 0 Å². The van der Waals surface area contributed by atoms with Crippen LogP contribution in [0.3, 0.4) is 0 Å². The van der Waals surface area contributed by atoms with Crippen molar-refractivity contribution in [1.82, 2.24) is 10.4 Å². The molecule has 2 heterocycles. The maximum Gasteiger partial charge on any atom is 0.273 e. The topological polar surface area (TPSA) is 57.2 Å². The minimum absolute atomic E-state index is 0.142. The molecule has 0 unspecified atom stereocenters. The second-order valence-corrected chi connectivity index (χ2v) is 5.85. The first-order valence-electron chi connectivity index (χ1n) is 8.00. The summed E-state index contributed by atoms with van der Waals surface area (Å²) in [4.78, 5) is 15.4. The van der Waals surface area contributed by atoms with Crippen LogP contribution < -0.4 is 5.43 Å². The number of H-pyrrole nitrogens is 1. The van der Waals surface area contributed by atoms with Gasteiger partial charge in [0.1, 0.15) is 0 Å². The fourth-order valence-corrected chi connectivity index (χ4v) is 2.95. The van der Waals surface area contributed by atoms with Crippen LogP contribution in [0.15, 0.2) is 71.3 Å². The number of hydrogen-bond donors (Lipinski definition) is 2. The molecule has 1 aliphatic rings. The summed E-state index contributed by atoms with van der Waals surface area (Å²) < 4.78 is 0. The Bertz CT molecular complexity index is 918. The molecule has 0 bridgehead atoms. The maximum atomic E-state index is 12.1. The zero-order valence-corrected chi connectivity index (χ0v) is 13.1. The summed E-state index contributed by atoms with van der Waals surface area (Å²) in [6.07, 6.45) is 3.47. The largest absolute Gasteiger partial charge is 0.355 e. The molecule has 24 heavy (non-hydrogen) atoms. The van der Waals surface area contributed by atoms with Gasteiger partial charge in [-0.15, -0.1) is 0 Å². The summed E-state index contributed by atoms with van der Waals surface area (Å²) in [6, 6.07) is 20.3. The Balaban J connectivity index is 1.57. The van der Waals surface area contributed by atoms with Crippen LogP contribution in [0, 0.1) is 0 Å². The highest BCUT2D eigenvalue weighted by Gasteiger charge is 2.22. The Labute approximate surface area is 139 Å². The van der Waals surface area contributed by atoms with Gasteiger partial charge in [0.2, 0.25) is 0 Å². The van der Waals surface area contributed by atoms with Gasteiger partial charge in [-0.05, 0) is 42.0 Å². The van der Waals surface area contributed by atoms with Gasteiger partial charge >= 0.3 is 0 Å². The molecule has 0 saturated heterocycles. The van der Waals surface area contributed by atoms with E-state index in [-0.39, 0.29) is 5.91 Å². The van der Waals surface area contributed by atoms with Crippen molar-refractivity contribution in [2.45, 2.75) is 12.8 Å². The van der Waals surface area contributed by atoms with E-state index in [0.29, 0.717) is 5.57 Å². The van der Waals surface area contributed by atoms with Gasteiger partial charge in [0, 0.05) is 11.2 Å². The van der Waals surface area contributed by atoms with E-state index in [1.807, 2.05) is 54.6 Å². The Hall–Kier alpha value is -3.14. The first-order chi connectivity index (χ1) is 11.8. The van der Waals surface area contributed by atoms with Crippen molar-refractivity contribution in [1.29, 1.82) is 0 Å². The first kappa shape index (κ1) is 14.5. The fourth-order valence-electron chi connectivity index (χ4n) is 2.95. The number of carbonyl (C=O) groups is 1. The fraction of sp³-hybridized carbons (Fsp3) is 0.100. The third-order valence-electron chi connectivity index (χ3n) is 4.19. The second-order valence-electron chi connectivity index (χ2n) is 5.85. The van der Waals surface area contributed by atoms with Crippen molar-refractivity contribution in [2.75, 3.05) is 0 Å². The number of aromatic nitrogens is 1. The summed E-state index contributed by atoms with van der Waals surface area (Å²) in [5.74, 6) is -0.142. The van der Waals surface area contributed by atoms with Gasteiger partial charge in [0.25, 0.3) is 5.91 Å². The van der Waals surface area contributed by atoms with Gasteiger partial charge in [-0.2, -0.15) is 5.10 Å². The van der Waals surface area contributed by atoms with E-state index >= 15 is 0 Å². The van der Waals surface area contributed by atoms with E-state index in [1.54, 1.807) is 0 Å². The van der Waals surface area contributed by atoms with E-state index in [0.717, 1.165) is 35.2 Å². The molecule has 0 fully saturated rings. The van der Waals surface area contributed by atoms with Crippen molar-refractivity contribution < 1.29 is 4.79 Å². The number of fused-ring (bicyclic) bond motifs is 1. The van der Waals surface area contributed by atoms with Gasteiger partial charge in [-0.3, -0.25) is 4.79 Å². The van der Waals surface area contributed by atoms with Crippen LogP contribution in [-0.4, -0.2) is 16.6 Å². The number of rotatable bonds is 4. The number of hydrogen-bond acceptors (Lipinski definition) is 2. The molecule has 0 atom stereocenters. The zero-order valence-electron chi connectivity index (χ0n) is 13.1. The highest BCUT2D eigenvalue weighted by molar-refractivity contribution is 6.27. The third kappa shape index (κ3) is 2.86. The standard InChI is InChI=1S/C20H17N3O/c24-20-17(13-16-12-15-8-4-5-9-18(15)21-16)19(22-23-20)11-10-14-6-2-1-3-7-14/h1-9,12-13,21H,10-11H2,(H,23,24). The number of aryl methyl sites for hydroxylation is 1. The number of benzene rings is 2. The number of para-hydroxylation sites is 1. The molecule has 118 valence electrons. The van der Waals surface area contributed by atoms with Gasteiger partial charge in [0.05, 0.1) is 11.3 Å². The Morgan fingerprint density at radius 2 is 1.75 bits per heavy atom. The number of carbonyl (C=O) groups excluding carboxylic acids is 1. The smallest absolute Gasteiger partial charge is 0.273 e. The normalized spacial score (nSPS) is 15.8. The van der Waals surface area contributed by atoms with E-state index in [4.69, 9.17) is 0 Å². The molecule has 1 amide bonds. The lowest BCUT2D eigenvalue weighted by atomic mass is 10.0. The molecular weight excluding hydrogens is 298 g/mol. The number of aromatic amines is 1. The summed E-state index contributed by atoms with van der Waals surface area (Å²) in [6.45, 7) is 0. The molecule has 4 heteroatoms. The molecule has 0 radical (unpaired) electrons. The van der Waals surface area contributed by atoms with Gasteiger partial charge in [-0.1, -0.05) is 48.5 Å². The molecule has 2 N–H and O–H groups in total. The lowest BCUT2D eigenvalue weighted by Gasteiger charge is -2.02. The Kier molecular flexibility index (Phi) is 3.71. The average molecular weight is 315 g/mol. The van der Waals surface area contributed by atoms with E-state index in [2.05, 4.69) is 27.6 Å². The minimum Gasteiger partial charge on any atom is -0.355 e. The predicted octanol–water partition coefficient (Wildman–Crippen LogP) is 3.67. The third-order valence-corrected chi connectivity index (χ3v) is 4.19. The van der Waals surface area contributed by atoms with Crippen LogP contribution in [0.5, 0.6) is 0 Å². The van der Waals surface area contributed by atoms with Crippen LogP contribution in [0.1, 0.15) is 17.7 Å². The Morgan fingerprint density at radius 1 is 0.958 bits per heavy atom. The zero-order chi connectivity index (χ0) is 16.4. The maximum absolute atomic E-state index is 12.1. The highest BCUT2D eigenvalue weighted by atomic mass is 16.2. The van der Waals surface area contributed by atoms with Crippen LogP contribution in [0.2, 0.25) is 0 Å². The van der Waals surface area contributed by atoms with Crippen molar-refractivity contribution in [3.05, 3.63) is 77.5 Å². The monoisotopic (exact) mass is 315 g/mol. The SMILES string of the molecule is O=C1NN=C(CCc2ccccc2)C1=Cc1cc2ccccc2[nH]1. The molecule has 3 aromatic rings. The molecule has 0 aliphatic carbocycles. The molecule has 0 saturated carbocycles. The number of nitrogens with one attached hydrogen (secondary N) is 2. The van der Waals surface area contributed by atoms with Crippen LogP contribution in [0.4, 0.5) is 0 Å². The van der Waals surface area contributed by atoms with E-state index in [9.17, 15) is 4.79 Å². The predicted molar refractivity (Wildman–Crippen MR) is 96.6 cm³/mol. The molecule has 4 rings (SSSR count). The highest BCUT2D eigenvalue weighted by Crippen LogP contribution is 2.20. The molecule has 4 nitrogen and oxygen atoms in total. The number of amides is 1. The van der Waals surface area contributed by atoms with Crippen molar-refractivity contribution in [3.63, 3.8) is 0 Å². The summed E-state index contributed by atoms with van der Waals surface area (Å²) in [5.41, 5.74) is 7.23. The van der Waals surface area contributed by atoms with Gasteiger partial charge < -0.3 is 4.98 Å². The van der Waals surface area contributed by atoms with E-state index < -0.39 is 0 Å². The lowest BCUT2D eigenvalue weighted by molar-refractivity contribution is -0.116. The number of hydrazone groups is 1. The second kappa shape index (κ2) is 6.16. The summed E-state index contributed by atoms with van der Waals surface area (Å²) >= 11 is 0. The van der Waals surface area contributed by atoms with Crippen LogP contribution in [-0.2, 0) is 11.2 Å². The molecule has 0 spiro atoms. The van der Waals surface area contributed by atoms with E-state index in [1.165, 1.54) is 5.56 Å². The quantitative estimate of drug-likeness (QED) is 0.709. The molecular formula is C20H17N3O. The molecule has 1 aromatic heterocycles. The first-order valence-corrected chi connectivity index (χ1v) is 8.00. The Morgan fingerprint density at radius 3 is 2.58 bits per heavy atom. The van der Waals surface area contributed by atoms with Crippen molar-refractivity contribution in [3.8, 4) is 0 Å². The van der Waals surface area contributed by atoms with Gasteiger partial charge in [0.15, 0.2) is 0 Å². The number of nitrogens with zero attached hydrogens (tertiary/aromatic N) is 1. The van der Waals surface area contributed by atoms with Crippen LogP contribution in [0.25, 0.3) is 17.0 Å². The molecule has 1 aliphatic heterocycles. The van der Waals surface area contributed by atoms with Crippen molar-refractivity contribution >= 4 is 28.6 Å². The minimum atomic E-state index is -0.142. The van der Waals surface area contributed by atoms with Crippen molar-refractivity contribution in [2.24, 2.45) is 5.10 Å². The summed E-state index contributed by atoms with van der Waals surface area (Å²) in [7, 11) is 0. The van der Waals surface area contributed by atoms with Gasteiger partial charge in [-0.25, -0.2) is 5.43 Å². The summed E-state index contributed by atoms with van der Waals surface area (Å²) in [5, 5.41) is 5.33.